The molecule has 0 bridgehead atoms. The van der Waals surface area contributed by atoms with E-state index >= 15 is 0 Å². The molecule has 2 nitrogen and oxygen atoms in total. The van der Waals surface area contributed by atoms with Gasteiger partial charge in [-0.25, -0.2) is 0 Å². The fourth-order valence-electron chi connectivity index (χ4n) is 2.80. The zero-order valence-corrected chi connectivity index (χ0v) is 17.6. The zero-order chi connectivity index (χ0) is 17.2. The van der Waals surface area contributed by atoms with Crippen LogP contribution in [0.25, 0.3) is 0 Å². The first kappa shape index (κ1) is 23.1. The minimum absolute atomic E-state index is 0.893. The van der Waals surface area contributed by atoms with Crippen LogP contribution in [0.4, 0.5) is 0 Å². The van der Waals surface area contributed by atoms with Crippen molar-refractivity contribution in [3.8, 4) is 0 Å². The SMILES string of the molecule is CCCCCCCCCO[Si](C)(C)OCCCCCCCCC. The Hall–Kier alpha value is 0.137. The molecule has 0 aromatic heterocycles. The lowest BCUT2D eigenvalue weighted by Crippen LogP contribution is -2.35. The Labute approximate surface area is 148 Å². The molecule has 0 unspecified atom stereocenters. The average molecular weight is 345 g/mol. The van der Waals surface area contributed by atoms with Crippen molar-refractivity contribution in [3.05, 3.63) is 0 Å². The molecule has 0 N–H and O–H groups in total. The second kappa shape index (κ2) is 17.0. The Bertz CT molecular complexity index is 210. The van der Waals surface area contributed by atoms with Gasteiger partial charge in [-0.1, -0.05) is 90.9 Å². The van der Waals surface area contributed by atoms with E-state index in [1.165, 1.54) is 89.9 Å². The molecule has 23 heavy (non-hydrogen) atoms. The first-order valence-corrected chi connectivity index (χ1v) is 13.2. The number of hydrogen-bond acceptors (Lipinski definition) is 2. The highest BCUT2D eigenvalue weighted by atomic mass is 28.4. The number of unbranched alkanes of at least 4 members (excludes halogenated alkanes) is 12. The molecule has 3 heteroatoms. The van der Waals surface area contributed by atoms with Crippen molar-refractivity contribution in [1.82, 2.24) is 0 Å². The van der Waals surface area contributed by atoms with Gasteiger partial charge in [0.25, 0.3) is 0 Å². The topological polar surface area (TPSA) is 18.5 Å². The van der Waals surface area contributed by atoms with E-state index in [4.69, 9.17) is 8.85 Å². The fourth-order valence-corrected chi connectivity index (χ4v) is 4.15. The van der Waals surface area contributed by atoms with Crippen LogP contribution in [0.1, 0.15) is 104 Å². The second-order valence-electron chi connectivity index (χ2n) is 7.34. The van der Waals surface area contributed by atoms with E-state index in [1.54, 1.807) is 0 Å². The van der Waals surface area contributed by atoms with Crippen LogP contribution in [0, 0.1) is 0 Å². The predicted octanol–water partition coefficient (Wildman–Crippen LogP) is 7.22. The van der Waals surface area contributed by atoms with E-state index in [-0.39, 0.29) is 0 Å². The Kier molecular flexibility index (Phi) is 17.1. The molecule has 0 aromatic carbocycles. The Morgan fingerprint density at radius 1 is 0.478 bits per heavy atom. The van der Waals surface area contributed by atoms with Crippen molar-refractivity contribution in [2.75, 3.05) is 13.2 Å². The summed E-state index contributed by atoms with van der Waals surface area (Å²) in [4.78, 5) is 0. The molecule has 0 aliphatic carbocycles. The van der Waals surface area contributed by atoms with E-state index in [9.17, 15) is 0 Å². The third-order valence-electron chi connectivity index (χ3n) is 4.40. The van der Waals surface area contributed by atoms with Crippen LogP contribution in [0.3, 0.4) is 0 Å². The third kappa shape index (κ3) is 18.3. The standard InChI is InChI=1S/C20H44O2Si/c1-5-7-9-11-13-15-17-19-21-23(3,4)22-20-18-16-14-12-10-8-6-2/h5-20H2,1-4H3. The lowest BCUT2D eigenvalue weighted by Gasteiger charge is -2.23. The summed E-state index contributed by atoms with van der Waals surface area (Å²) in [7, 11) is -1.87. The summed E-state index contributed by atoms with van der Waals surface area (Å²) in [6.45, 7) is 10.7. The van der Waals surface area contributed by atoms with Crippen molar-refractivity contribution in [2.24, 2.45) is 0 Å². The van der Waals surface area contributed by atoms with Crippen molar-refractivity contribution >= 4 is 8.56 Å². The number of rotatable bonds is 18. The summed E-state index contributed by atoms with van der Waals surface area (Å²) >= 11 is 0. The van der Waals surface area contributed by atoms with Crippen LogP contribution >= 0.6 is 0 Å². The molecule has 0 fully saturated rings. The van der Waals surface area contributed by atoms with Gasteiger partial charge in [-0.3, -0.25) is 0 Å². The molecule has 0 aromatic rings. The molecule has 0 spiro atoms. The molecule has 0 heterocycles. The molecule has 0 aliphatic rings. The minimum Gasteiger partial charge on any atom is -0.395 e. The minimum atomic E-state index is -1.87. The highest BCUT2D eigenvalue weighted by Crippen LogP contribution is 2.12. The molecule has 0 amide bonds. The summed E-state index contributed by atoms with van der Waals surface area (Å²) in [5, 5.41) is 0. The Morgan fingerprint density at radius 2 is 0.783 bits per heavy atom. The van der Waals surface area contributed by atoms with Crippen molar-refractivity contribution in [2.45, 2.75) is 117 Å². The van der Waals surface area contributed by atoms with Crippen LogP contribution < -0.4 is 0 Å². The molecule has 0 saturated heterocycles. The highest BCUT2D eigenvalue weighted by Gasteiger charge is 2.23. The molecule has 0 radical (unpaired) electrons. The van der Waals surface area contributed by atoms with Crippen LogP contribution in [0.5, 0.6) is 0 Å². The summed E-state index contributed by atoms with van der Waals surface area (Å²) < 4.78 is 12.1. The van der Waals surface area contributed by atoms with E-state index in [0.717, 1.165) is 13.2 Å². The molecular formula is C20H44O2Si. The van der Waals surface area contributed by atoms with E-state index in [1.807, 2.05) is 0 Å². The van der Waals surface area contributed by atoms with Crippen molar-refractivity contribution < 1.29 is 8.85 Å². The Morgan fingerprint density at radius 3 is 1.13 bits per heavy atom. The largest absolute Gasteiger partial charge is 0.395 e. The van der Waals surface area contributed by atoms with Crippen molar-refractivity contribution in [1.29, 1.82) is 0 Å². The quantitative estimate of drug-likeness (QED) is 0.193. The highest BCUT2D eigenvalue weighted by molar-refractivity contribution is 6.64. The van der Waals surface area contributed by atoms with Crippen LogP contribution in [-0.4, -0.2) is 21.8 Å². The summed E-state index contributed by atoms with van der Waals surface area (Å²) in [6.07, 6.45) is 18.8. The second-order valence-corrected chi connectivity index (χ2v) is 10.7. The maximum absolute atomic E-state index is 6.03. The molecule has 0 saturated carbocycles. The van der Waals surface area contributed by atoms with Gasteiger partial charge in [0, 0.05) is 13.2 Å². The number of hydrogen-bond donors (Lipinski definition) is 0. The van der Waals surface area contributed by atoms with Gasteiger partial charge in [-0.05, 0) is 25.9 Å². The zero-order valence-electron chi connectivity index (χ0n) is 16.6. The van der Waals surface area contributed by atoms with Gasteiger partial charge in [-0.2, -0.15) is 0 Å². The predicted molar refractivity (Wildman–Crippen MR) is 105 cm³/mol. The molecule has 0 atom stereocenters. The monoisotopic (exact) mass is 344 g/mol. The summed E-state index contributed by atoms with van der Waals surface area (Å²) in [5.41, 5.74) is 0. The maximum atomic E-state index is 6.03. The van der Waals surface area contributed by atoms with Crippen molar-refractivity contribution in [3.63, 3.8) is 0 Å². The van der Waals surface area contributed by atoms with E-state index in [2.05, 4.69) is 26.9 Å². The summed E-state index contributed by atoms with van der Waals surface area (Å²) in [5.74, 6) is 0. The van der Waals surface area contributed by atoms with Gasteiger partial charge in [0.1, 0.15) is 0 Å². The molecular weight excluding hydrogens is 300 g/mol. The molecule has 140 valence electrons. The van der Waals surface area contributed by atoms with Gasteiger partial charge in [0.15, 0.2) is 0 Å². The van der Waals surface area contributed by atoms with Crippen LogP contribution in [0.15, 0.2) is 0 Å². The van der Waals surface area contributed by atoms with Crippen LogP contribution in [0.2, 0.25) is 13.1 Å². The van der Waals surface area contributed by atoms with Gasteiger partial charge < -0.3 is 8.85 Å². The first-order chi connectivity index (χ1) is 11.1. The lowest BCUT2D eigenvalue weighted by atomic mass is 10.1. The van der Waals surface area contributed by atoms with E-state index in [0.29, 0.717) is 0 Å². The van der Waals surface area contributed by atoms with Crippen LogP contribution in [-0.2, 0) is 8.85 Å². The van der Waals surface area contributed by atoms with E-state index < -0.39 is 8.56 Å². The van der Waals surface area contributed by atoms with Gasteiger partial charge in [-0.15, -0.1) is 0 Å². The first-order valence-electron chi connectivity index (χ1n) is 10.4. The molecule has 0 rings (SSSR count). The maximum Gasteiger partial charge on any atom is 0.331 e. The smallest absolute Gasteiger partial charge is 0.331 e. The van der Waals surface area contributed by atoms with Gasteiger partial charge in [0.2, 0.25) is 0 Å². The normalized spacial score (nSPS) is 12.0. The Balaban J connectivity index is 3.33. The lowest BCUT2D eigenvalue weighted by molar-refractivity contribution is 0.172. The van der Waals surface area contributed by atoms with Gasteiger partial charge >= 0.3 is 8.56 Å². The summed E-state index contributed by atoms with van der Waals surface area (Å²) in [6, 6.07) is 0. The third-order valence-corrected chi connectivity index (χ3v) is 6.19. The average Bonchev–Trinajstić information content (AvgIpc) is 2.52. The molecule has 0 aliphatic heterocycles. The van der Waals surface area contributed by atoms with Gasteiger partial charge in [0.05, 0.1) is 0 Å². The fraction of sp³-hybridized carbons (Fsp3) is 1.00.